The van der Waals surface area contributed by atoms with Crippen LogP contribution in [0.15, 0.2) is 47.4 Å². The van der Waals surface area contributed by atoms with E-state index in [2.05, 4.69) is 0 Å². The number of benzene rings is 2. The number of hydrogen-bond acceptors (Lipinski definition) is 4. The molecule has 0 aromatic heterocycles. The van der Waals surface area contributed by atoms with Crippen molar-refractivity contribution in [3.63, 3.8) is 0 Å². The van der Waals surface area contributed by atoms with Crippen molar-refractivity contribution < 1.29 is 23.1 Å². The number of anilines is 1. The second-order valence-corrected chi connectivity index (χ2v) is 8.00. The van der Waals surface area contributed by atoms with Gasteiger partial charge in [-0.1, -0.05) is 30.1 Å². The number of carboxylic acid groups (broad SMARTS) is 1. The Morgan fingerprint density at radius 1 is 1.12 bits per heavy atom. The smallest absolute Gasteiger partial charge is 0.324 e. The summed E-state index contributed by atoms with van der Waals surface area (Å²) >= 11 is 11.7. The molecule has 0 fully saturated rings. The van der Waals surface area contributed by atoms with Crippen molar-refractivity contribution >= 4 is 44.9 Å². The molecular formula is C17H17Cl2NO5S. The zero-order valence-corrected chi connectivity index (χ0v) is 16.2. The summed E-state index contributed by atoms with van der Waals surface area (Å²) in [4.78, 5) is 11.1. The van der Waals surface area contributed by atoms with E-state index in [0.29, 0.717) is 12.4 Å². The van der Waals surface area contributed by atoms with Gasteiger partial charge in [-0.15, -0.1) is 0 Å². The lowest BCUT2D eigenvalue weighted by Crippen LogP contribution is -2.35. The first-order chi connectivity index (χ1) is 12.3. The molecule has 0 unspecified atom stereocenters. The molecule has 6 nitrogen and oxygen atoms in total. The number of ether oxygens (including phenoxy) is 1. The van der Waals surface area contributed by atoms with Gasteiger partial charge < -0.3 is 9.84 Å². The Labute approximate surface area is 162 Å². The molecule has 0 heterocycles. The van der Waals surface area contributed by atoms with Gasteiger partial charge in [-0.05, 0) is 48.9 Å². The highest BCUT2D eigenvalue weighted by Crippen LogP contribution is 2.29. The molecule has 0 amide bonds. The van der Waals surface area contributed by atoms with Crippen LogP contribution < -0.4 is 9.04 Å². The fourth-order valence-electron chi connectivity index (χ4n) is 2.13. The minimum atomic E-state index is -4.15. The molecule has 0 saturated carbocycles. The van der Waals surface area contributed by atoms with E-state index in [4.69, 9.17) is 33.0 Å². The summed E-state index contributed by atoms with van der Waals surface area (Å²) in [6.07, 6.45) is 0.832. The quantitative estimate of drug-likeness (QED) is 0.699. The summed E-state index contributed by atoms with van der Waals surface area (Å²) in [5, 5.41) is 9.41. The lowest BCUT2D eigenvalue weighted by Gasteiger charge is -2.23. The largest absolute Gasteiger partial charge is 0.494 e. The van der Waals surface area contributed by atoms with Crippen LogP contribution in [-0.2, 0) is 14.8 Å². The Morgan fingerprint density at radius 2 is 1.77 bits per heavy atom. The molecule has 26 heavy (non-hydrogen) atoms. The van der Waals surface area contributed by atoms with E-state index < -0.39 is 22.5 Å². The number of carboxylic acids is 1. The maximum atomic E-state index is 12.9. The molecule has 2 rings (SSSR count). The van der Waals surface area contributed by atoms with Gasteiger partial charge in [-0.3, -0.25) is 9.10 Å². The Morgan fingerprint density at radius 3 is 2.31 bits per heavy atom. The van der Waals surface area contributed by atoms with Crippen molar-refractivity contribution in [2.24, 2.45) is 0 Å². The van der Waals surface area contributed by atoms with Crippen LogP contribution in [0.3, 0.4) is 0 Å². The zero-order chi connectivity index (χ0) is 19.3. The molecule has 0 aliphatic carbocycles. The number of rotatable bonds is 8. The van der Waals surface area contributed by atoms with Crippen molar-refractivity contribution in [3.8, 4) is 5.75 Å². The standard InChI is InChI=1S/C17H17Cl2NO5S/c1-2-9-25-13-5-3-12(4-6-13)20(11-17(21)22)26(23,24)14-7-8-15(18)16(19)10-14/h3-8,10H,2,9,11H2,1H3,(H,21,22). The summed E-state index contributed by atoms with van der Waals surface area (Å²) in [5.74, 6) is -0.724. The van der Waals surface area contributed by atoms with Crippen LogP contribution in [0.25, 0.3) is 0 Å². The van der Waals surface area contributed by atoms with Crippen LogP contribution in [-0.4, -0.2) is 32.6 Å². The van der Waals surface area contributed by atoms with E-state index in [1.807, 2.05) is 6.92 Å². The van der Waals surface area contributed by atoms with E-state index in [1.165, 1.54) is 30.3 Å². The average molecular weight is 418 g/mol. The number of sulfonamides is 1. The average Bonchev–Trinajstić information content (AvgIpc) is 2.60. The molecule has 0 aliphatic rings. The summed E-state index contributed by atoms with van der Waals surface area (Å²) in [7, 11) is -4.15. The first-order valence-corrected chi connectivity index (χ1v) is 9.87. The summed E-state index contributed by atoms with van der Waals surface area (Å²) < 4.78 is 32.1. The molecule has 1 N–H and O–H groups in total. The maximum absolute atomic E-state index is 12.9. The summed E-state index contributed by atoms with van der Waals surface area (Å²) in [5.41, 5.74) is 0.197. The molecule has 140 valence electrons. The van der Waals surface area contributed by atoms with Crippen molar-refractivity contribution in [2.45, 2.75) is 18.2 Å². The van der Waals surface area contributed by atoms with Gasteiger partial charge in [0.25, 0.3) is 10.0 Å². The number of aliphatic carboxylic acids is 1. The van der Waals surface area contributed by atoms with E-state index in [9.17, 15) is 13.2 Å². The van der Waals surface area contributed by atoms with Gasteiger partial charge in [0.1, 0.15) is 12.3 Å². The Hall–Kier alpha value is -1.96. The van der Waals surface area contributed by atoms with Crippen LogP contribution in [0.1, 0.15) is 13.3 Å². The number of hydrogen-bond donors (Lipinski definition) is 1. The number of nitrogens with zero attached hydrogens (tertiary/aromatic N) is 1. The van der Waals surface area contributed by atoms with Gasteiger partial charge in [-0.25, -0.2) is 8.42 Å². The maximum Gasteiger partial charge on any atom is 0.324 e. The fraction of sp³-hybridized carbons (Fsp3) is 0.235. The van der Waals surface area contributed by atoms with Crippen LogP contribution in [0.4, 0.5) is 5.69 Å². The minimum absolute atomic E-state index is 0.0614. The first-order valence-electron chi connectivity index (χ1n) is 7.68. The highest BCUT2D eigenvalue weighted by atomic mass is 35.5. The van der Waals surface area contributed by atoms with E-state index in [-0.39, 0.29) is 20.6 Å². The van der Waals surface area contributed by atoms with Crippen LogP contribution in [0.2, 0.25) is 10.0 Å². The van der Waals surface area contributed by atoms with E-state index in [0.717, 1.165) is 10.7 Å². The molecule has 0 radical (unpaired) electrons. The topological polar surface area (TPSA) is 83.9 Å². The van der Waals surface area contributed by atoms with Crippen LogP contribution in [0, 0.1) is 0 Å². The third-order valence-corrected chi connectivity index (χ3v) is 5.86. The molecule has 0 atom stereocenters. The predicted molar refractivity (Wildman–Crippen MR) is 101 cm³/mol. The van der Waals surface area contributed by atoms with Gasteiger partial charge in [0.15, 0.2) is 0 Å². The third kappa shape index (κ3) is 4.81. The van der Waals surface area contributed by atoms with E-state index >= 15 is 0 Å². The SMILES string of the molecule is CCCOc1ccc(N(CC(=O)O)S(=O)(=O)c2ccc(Cl)c(Cl)c2)cc1. The van der Waals surface area contributed by atoms with E-state index in [1.54, 1.807) is 12.1 Å². The lowest BCUT2D eigenvalue weighted by molar-refractivity contribution is -0.135. The zero-order valence-electron chi connectivity index (χ0n) is 13.9. The van der Waals surface area contributed by atoms with Crippen LogP contribution >= 0.6 is 23.2 Å². The minimum Gasteiger partial charge on any atom is -0.494 e. The van der Waals surface area contributed by atoms with Gasteiger partial charge in [0.05, 0.1) is 27.2 Å². The Kier molecular flexibility index (Phi) is 6.75. The molecule has 9 heteroatoms. The summed E-state index contributed by atoms with van der Waals surface area (Å²) in [6, 6.07) is 9.96. The third-order valence-electron chi connectivity index (χ3n) is 3.36. The van der Waals surface area contributed by atoms with Crippen molar-refractivity contribution in [1.29, 1.82) is 0 Å². The van der Waals surface area contributed by atoms with Crippen molar-refractivity contribution in [3.05, 3.63) is 52.5 Å². The van der Waals surface area contributed by atoms with Gasteiger partial charge >= 0.3 is 5.97 Å². The van der Waals surface area contributed by atoms with Gasteiger partial charge in [0, 0.05) is 0 Å². The van der Waals surface area contributed by atoms with Crippen molar-refractivity contribution in [1.82, 2.24) is 0 Å². The van der Waals surface area contributed by atoms with Crippen molar-refractivity contribution in [2.75, 3.05) is 17.5 Å². The molecule has 0 spiro atoms. The summed E-state index contributed by atoms with van der Waals surface area (Å²) in [6.45, 7) is 1.75. The monoisotopic (exact) mass is 417 g/mol. The highest BCUT2D eigenvalue weighted by Gasteiger charge is 2.27. The highest BCUT2D eigenvalue weighted by molar-refractivity contribution is 7.92. The first kappa shape index (κ1) is 20.4. The second-order valence-electron chi connectivity index (χ2n) is 5.32. The fourth-order valence-corrected chi connectivity index (χ4v) is 3.93. The molecule has 0 saturated heterocycles. The predicted octanol–water partition coefficient (Wildman–Crippen LogP) is 4.06. The van der Waals surface area contributed by atoms with Gasteiger partial charge in [0.2, 0.25) is 0 Å². The Bertz CT molecular complexity index is 885. The van der Waals surface area contributed by atoms with Crippen LogP contribution in [0.5, 0.6) is 5.75 Å². The lowest BCUT2D eigenvalue weighted by atomic mass is 10.3. The number of carbonyl (C=O) groups is 1. The number of halogens is 2. The normalized spacial score (nSPS) is 11.2. The molecule has 2 aromatic carbocycles. The molecule has 2 aromatic rings. The molecule has 0 aliphatic heterocycles. The Balaban J connectivity index is 2.42. The molecule has 0 bridgehead atoms. The second kappa shape index (κ2) is 8.62. The van der Waals surface area contributed by atoms with Gasteiger partial charge in [-0.2, -0.15) is 0 Å². The molecular weight excluding hydrogens is 401 g/mol.